The van der Waals surface area contributed by atoms with Crippen molar-refractivity contribution in [2.45, 2.75) is 10.7 Å². The van der Waals surface area contributed by atoms with E-state index in [9.17, 15) is 13.2 Å². The van der Waals surface area contributed by atoms with E-state index in [0.717, 1.165) is 0 Å². The van der Waals surface area contributed by atoms with Gasteiger partial charge in [-0.1, -0.05) is 0 Å². The molecule has 0 aromatic carbocycles. The molecule has 0 aliphatic carbocycles. The van der Waals surface area contributed by atoms with Crippen molar-refractivity contribution < 1.29 is 13.2 Å². The predicted octanol–water partition coefficient (Wildman–Crippen LogP) is 1.25. The van der Waals surface area contributed by atoms with E-state index in [1.807, 2.05) is 0 Å². The number of aromatic nitrogens is 2. The highest BCUT2D eigenvalue weighted by Gasteiger charge is 2.31. The fourth-order valence-corrected chi connectivity index (χ4v) is 1.12. The molecule has 4 nitrogen and oxygen atoms in total. The van der Waals surface area contributed by atoms with Crippen LogP contribution in [0.3, 0.4) is 0 Å². The Morgan fingerprint density at radius 1 is 1.15 bits per heavy atom. The number of nitrogens with two attached hydrogens (primary N) is 2. The van der Waals surface area contributed by atoms with Crippen LogP contribution in [0.4, 0.5) is 24.8 Å². The first kappa shape index (κ1) is 9.90. The van der Waals surface area contributed by atoms with Gasteiger partial charge in [0.15, 0.2) is 5.16 Å². The zero-order chi connectivity index (χ0) is 10.1. The molecule has 0 saturated carbocycles. The van der Waals surface area contributed by atoms with Crippen molar-refractivity contribution in [3.05, 3.63) is 6.07 Å². The molecule has 0 saturated heterocycles. The van der Waals surface area contributed by atoms with Crippen LogP contribution in [-0.4, -0.2) is 15.5 Å². The van der Waals surface area contributed by atoms with Gasteiger partial charge in [0.2, 0.25) is 0 Å². The lowest BCUT2D eigenvalue weighted by Crippen LogP contribution is -2.05. The Balaban J connectivity index is 2.90. The molecule has 0 fully saturated rings. The third kappa shape index (κ3) is 3.36. The first-order valence-corrected chi connectivity index (χ1v) is 3.84. The van der Waals surface area contributed by atoms with Gasteiger partial charge in [-0.25, -0.2) is 9.97 Å². The Hall–Kier alpha value is -1.18. The average molecular weight is 210 g/mol. The van der Waals surface area contributed by atoms with Gasteiger partial charge in [-0.05, 0) is 0 Å². The maximum absolute atomic E-state index is 11.8. The molecule has 0 amide bonds. The van der Waals surface area contributed by atoms with Crippen LogP contribution in [0.2, 0.25) is 0 Å². The summed E-state index contributed by atoms with van der Waals surface area (Å²) in [5.41, 5.74) is 5.90. The standard InChI is InChI=1S/C5H5F3N4S/c6-5(7,8)13-4-11-2(9)1-3(10)12-4/h1H,(H4,9,10,11,12). The van der Waals surface area contributed by atoms with Crippen LogP contribution in [0.25, 0.3) is 0 Å². The number of halogens is 3. The van der Waals surface area contributed by atoms with Gasteiger partial charge in [0.1, 0.15) is 11.6 Å². The number of anilines is 2. The van der Waals surface area contributed by atoms with Crippen molar-refractivity contribution in [1.29, 1.82) is 0 Å². The number of rotatable bonds is 1. The van der Waals surface area contributed by atoms with Crippen molar-refractivity contribution in [2.75, 3.05) is 11.5 Å². The minimum Gasteiger partial charge on any atom is -0.383 e. The molecule has 8 heteroatoms. The number of hydrogen-bond donors (Lipinski definition) is 2. The van der Waals surface area contributed by atoms with E-state index in [1.54, 1.807) is 0 Å². The minimum absolute atomic E-state index is 0.0840. The van der Waals surface area contributed by atoms with Gasteiger partial charge >= 0.3 is 5.51 Å². The highest BCUT2D eigenvalue weighted by atomic mass is 32.2. The Kier molecular flexibility index (Phi) is 2.50. The highest BCUT2D eigenvalue weighted by Crippen LogP contribution is 2.35. The third-order valence-corrected chi connectivity index (χ3v) is 1.55. The molecule has 1 rings (SSSR count). The lowest BCUT2D eigenvalue weighted by atomic mass is 10.5. The van der Waals surface area contributed by atoms with Gasteiger partial charge in [0.05, 0.1) is 0 Å². The summed E-state index contributed by atoms with van der Waals surface area (Å²) in [5, 5.41) is -0.495. The first-order valence-electron chi connectivity index (χ1n) is 3.02. The van der Waals surface area contributed by atoms with E-state index in [1.165, 1.54) is 6.07 Å². The van der Waals surface area contributed by atoms with Crippen molar-refractivity contribution in [3.8, 4) is 0 Å². The van der Waals surface area contributed by atoms with Gasteiger partial charge in [-0.2, -0.15) is 13.2 Å². The summed E-state index contributed by atoms with van der Waals surface area (Å²) in [7, 11) is 0. The Morgan fingerprint density at radius 3 is 2.00 bits per heavy atom. The van der Waals surface area contributed by atoms with E-state index in [0.29, 0.717) is 0 Å². The predicted molar refractivity (Wildman–Crippen MR) is 42.8 cm³/mol. The van der Waals surface area contributed by atoms with Crippen molar-refractivity contribution in [2.24, 2.45) is 0 Å². The zero-order valence-corrected chi connectivity index (χ0v) is 6.99. The van der Waals surface area contributed by atoms with Gasteiger partial charge in [0, 0.05) is 17.8 Å². The zero-order valence-electron chi connectivity index (χ0n) is 6.17. The van der Waals surface area contributed by atoms with E-state index in [4.69, 9.17) is 11.5 Å². The molecule has 0 bridgehead atoms. The average Bonchev–Trinajstić information content (AvgIpc) is 1.78. The molecular weight excluding hydrogens is 205 g/mol. The van der Waals surface area contributed by atoms with Crippen LogP contribution in [0.15, 0.2) is 11.2 Å². The van der Waals surface area contributed by atoms with E-state index in [-0.39, 0.29) is 11.6 Å². The lowest BCUT2D eigenvalue weighted by molar-refractivity contribution is -0.0330. The normalized spacial score (nSPS) is 11.6. The van der Waals surface area contributed by atoms with Crippen LogP contribution in [0.5, 0.6) is 0 Å². The lowest BCUT2D eigenvalue weighted by Gasteiger charge is -2.04. The summed E-state index contributed by atoms with van der Waals surface area (Å²) in [6.45, 7) is 0. The second kappa shape index (κ2) is 3.29. The van der Waals surface area contributed by atoms with Crippen molar-refractivity contribution in [1.82, 2.24) is 9.97 Å². The van der Waals surface area contributed by atoms with Gasteiger partial charge in [0.25, 0.3) is 0 Å². The largest absolute Gasteiger partial charge is 0.449 e. The molecule has 0 unspecified atom stereocenters. The summed E-state index contributed by atoms with van der Waals surface area (Å²) < 4.78 is 35.4. The van der Waals surface area contributed by atoms with Crippen molar-refractivity contribution >= 4 is 23.4 Å². The third-order valence-electron chi connectivity index (χ3n) is 0.952. The molecule has 0 radical (unpaired) electrons. The highest BCUT2D eigenvalue weighted by molar-refractivity contribution is 8.00. The summed E-state index contributed by atoms with van der Waals surface area (Å²) in [5.74, 6) is -0.168. The number of alkyl halides is 3. The minimum atomic E-state index is -4.43. The molecule has 0 aliphatic rings. The number of thioether (sulfide) groups is 1. The maximum atomic E-state index is 11.8. The molecule has 1 aromatic rings. The van der Waals surface area contributed by atoms with Crippen LogP contribution < -0.4 is 11.5 Å². The summed E-state index contributed by atoms with van der Waals surface area (Å²) in [4.78, 5) is 6.70. The molecule has 0 spiro atoms. The van der Waals surface area contributed by atoms with Gasteiger partial charge < -0.3 is 11.5 Å². The molecule has 0 aliphatic heterocycles. The summed E-state index contributed by atoms with van der Waals surface area (Å²) in [6.07, 6.45) is 0. The Labute approximate surface area is 75.5 Å². The molecule has 0 atom stereocenters. The molecule has 13 heavy (non-hydrogen) atoms. The van der Waals surface area contributed by atoms with Crippen LogP contribution in [0.1, 0.15) is 0 Å². The smallest absolute Gasteiger partial charge is 0.383 e. The van der Waals surface area contributed by atoms with E-state index in [2.05, 4.69) is 9.97 Å². The molecule has 72 valence electrons. The summed E-state index contributed by atoms with van der Waals surface area (Å²) >= 11 is -0.453. The molecule has 4 N–H and O–H groups in total. The SMILES string of the molecule is Nc1cc(N)nc(SC(F)(F)F)n1. The second-order valence-electron chi connectivity index (χ2n) is 2.05. The van der Waals surface area contributed by atoms with E-state index >= 15 is 0 Å². The Morgan fingerprint density at radius 2 is 1.62 bits per heavy atom. The topological polar surface area (TPSA) is 77.8 Å². The van der Waals surface area contributed by atoms with Gasteiger partial charge in [-0.3, -0.25) is 0 Å². The van der Waals surface area contributed by atoms with E-state index < -0.39 is 22.4 Å². The Bertz CT molecular complexity index is 293. The molecule has 1 heterocycles. The fraction of sp³-hybridized carbons (Fsp3) is 0.200. The monoisotopic (exact) mass is 210 g/mol. The van der Waals surface area contributed by atoms with Crippen LogP contribution >= 0.6 is 11.8 Å². The number of nitrogen functional groups attached to an aromatic ring is 2. The number of nitrogens with zero attached hydrogens (tertiary/aromatic N) is 2. The van der Waals surface area contributed by atoms with Crippen LogP contribution in [0, 0.1) is 0 Å². The second-order valence-corrected chi connectivity index (χ2v) is 3.08. The maximum Gasteiger partial charge on any atom is 0.449 e. The molecular formula is C5H5F3N4S. The quantitative estimate of drug-likeness (QED) is 0.538. The van der Waals surface area contributed by atoms with Crippen molar-refractivity contribution in [3.63, 3.8) is 0 Å². The summed E-state index contributed by atoms with van der Waals surface area (Å²) in [6, 6.07) is 1.18. The molecule has 1 aromatic heterocycles. The first-order chi connectivity index (χ1) is 5.87. The van der Waals surface area contributed by atoms with Gasteiger partial charge in [-0.15, -0.1) is 0 Å². The van der Waals surface area contributed by atoms with Crippen LogP contribution in [-0.2, 0) is 0 Å². The fourth-order valence-electron chi connectivity index (χ4n) is 0.611. The number of hydrogen-bond acceptors (Lipinski definition) is 5.